The average molecular weight is 313 g/mol. The van der Waals surface area contributed by atoms with Gasteiger partial charge in [-0.05, 0) is 17.8 Å². The first kappa shape index (κ1) is 18.1. The predicted molar refractivity (Wildman–Crippen MR) is 87.3 cm³/mol. The van der Waals surface area contributed by atoms with Crippen LogP contribution < -0.4 is 9.47 Å². The van der Waals surface area contributed by atoms with Crippen LogP contribution in [0.15, 0.2) is 17.2 Å². The summed E-state index contributed by atoms with van der Waals surface area (Å²) < 4.78 is 10.4. The van der Waals surface area contributed by atoms with E-state index in [2.05, 4.69) is 32.7 Å². The lowest BCUT2D eigenvalue weighted by Crippen LogP contribution is -2.23. The van der Waals surface area contributed by atoms with Crippen LogP contribution in [0.2, 0.25) is 0 Å². The van der Waals surface area contributed by atoms with E-state index in [1.54, 1.807) is 32.0 Å². The molecule has 120 valence electrons. The molecule has 0 radical (unpaired) electrons. The van der Waals surface area contributed by atoms with Crippen LogP contribution >= 0.6 is 11.8 Å². The minimum Gasteiger partial charge on any atom is -0.496 e. The molecule has 0 aliphatic rings. The smallest absolute Gasteiger partial charge is 0.217 e. The van der Waals surface area contributed by atoms with Gasteiger partial charge in [0.25, 0.3) is 0 Å². The highest BCUT2D eigenvalue weighted by Gasteiger charge is 2.24. The van der Waals surface area contributed by atoms with E-state index in [0.29, 0.717) is 17.5 Å². The number of pyridine rings is 1. The Hall–Kier alpha value is -0.940. The van der Waals surface area contributed by atoms with Crippen molar-refractivity contribution in [2.45, 2.75) is 44.4 Å². The molecule has 0 aromatic carbocycles. The van der Waals surface area contributed by atoms with Gasteiger partial charge in [0, 0.05) is 17.4 Å². The summed E-state index contributed by atoms with van der Waals surface area (Å²) in [6.45, 7) is 8.96. The Morgan fingerprint density at radius 1 is 1.24 bits per heavy atom. The third kappa shape index (κ3) is 6.14. The zero-order valence-electron chi connectivity index (χ0n) is 13.8. The van der Waals surface area contributed by atoms with E-state index in [-0.39, 0.29) is 17.3 Å². The van der Waals surface area contributed by atoms with E-state index in [0.717, 1.165) is 11.4 Å². The van der Waals surface area contributed by atoms with Crippen LogP contribution in [0, 0.1) is 11.3 Å². The molecule has 4 nitrogen and oxygen atoms in total. The SMILES string of the molecule is COc1cc(OC)nc(SC(CO)C(C)CC(C)(C)C)c1. The minimum atomic E-state index is 0.105. The summed E-state index contributed by atoms with van der Waals surface area (Å²) in [6, 6.07) is 3.62. The molecule has 1 rings (SSSR count). The normalized spacial score (nSPS) is 14.6. The molecule has 1 heterocycles. The molecule has 0 amide bonds. The maximum absolute atomic E-state index is 9.70. The highest BCUT2D eigenvalue weighted by atomic mass is 32.2. The fourth-order valence-corrected chi connectivity index (χ4v) is 3.37. The van der Waals surface area contributed by atoms with Crippen molar-refractivity contribution >= 4 is 11.8 Å². The van der Waals surface area contributed by atoms with Crippen LogP contribution in [0.5, 0.6) is 11.6 Å². The molecule has 2 unspecified atom stereocenters. The van der Waals surface area contributed by atoms with E-state index in [1.807, 2.05) is 6.07 Å². The molecule has 2 atom stereocenters. The lowest BCUT2D eigenvalue weighted by Gasteiger charge is -2.28. The monoisotopic (exact) mass is 313 g/mol. The third-order valence-corrected chi connectivity index (χ3v) is 4.58. The van der Waals surface area contributed by atoms with Crippen molar-refractivity contribution in [3.63, 3.8) is 0 Å². The van der Waals surface area contributed by atoms with Gasteiger partial charge in [-0.25, -0.2) is 4.98 Å². The second-order valence-electron chi connectivity index (χ2n) is 6.47. The number of methoxy groups -OCH3 is 2. The Kier molecular flexibility index (Phi) is 6.81. The fourth-order valence-electron chi connectivity index (χ4n) is 2.33. The number of aliphatic hydroxyl groups excluding tert-OH is 1. The Labute approximate surface area is 132 Å². The van der Waals surface area contributed by atoms with E-state index in [9.17, 15) is 5.11 Å². The summed E-state index contributed by atoms with van der Waals surface area (Å²) in [4.78, 5) is 4.42. The number of aliphatic hydroxyl groups is 1. The third-order valence-electron chi connectivity index (χ3n) is 3.22. The van der Waals surface area contributed by atoms with Gasteiger partial charge < -0.3 is 14.6 Å². The molecule has 1 aromatic rings. The highest BCUT2D eigenvalue weighted by molar-refractivity contribution is 7.99. The van der Waals surface area contributed by atoms with Crippen LogP contribution in [0.1, 0.15) is 34.1 Å². The summed E-state index contributed by atoms with van der Waals surface area (Å²) >= 11 is 1.58. The van der Waals surface area contributed by atoms with E-state index in [4.69, 9.17) is 9.47 Å². The number of rotatable bonds is 7. The first-order valence-electron chi connectivity index (χ1n) is 7.16. The summed E-state index contributed by atoms with van der Waals surface area (Å²) in [7, 11) is 3.21. The van der Waals surface area contributed by atoms with Crippen molar-refractivity contribution in [2.75, 3.05) is 20.8 Å². The number of nitrogens with zero attached hydrogens (tertiary/aromatic N) is 1. The van der Waals surface area contributed by atoms with Gasteiger partial charge in [0.15, 0.2) is 0 Å². The van der Waals surface area contributed by atoms with Gasteiger partial charge in [0.05, 0.1) is 20.8 Å². The van der Waals surface area contributed by atoms with Gasteiger partial charge in [0.2, 0.25) is 5.88 Å². The van der Waals surface area contributed by atoms with Gasteiger partial charge in [-0.2, -0.15) is 0 Å². The lowest BCUT2D eigenvalue weighted by atomic mass is 9.84. The van der Waals surface area contributed by atoms with Gasteiger partial charge in [-0.3, -0.25) is 0 Å². The molecule has 21 heavy (non-hydrogen) atoms. The van der Waals surface area contributed by atoms with Crippen molar-refractivity contribution in [1.29, 1.82) is 0 Å². The zero-order valence-corrected chi connectivity index (χ0v) is 14.7. The van der Waals surface area contributed by atoms with Gasteiger partial charge >= 0.3 is 0 Å². The van der Waals surface area contributed by atoms with Crippen LogP contribution in [-0.4, -0.2) is 36.2 Å². The Morgan fingerprint density at radius 2 is 1.90 bits per heavy atom. The molecule has 0 spiro atoms. The highest BCUT2D eigenvalue weighted by Crippen LogP contribution is 2.35. The number of aromatic nitrogens is 1. The van der Waals surface area contributed by atoms with E-state index < -0.39 is 0 Å². The van der Waals surface area contributed by atoms with Crippen LogP contribution in [-0.2, 0) is 0 Å². The van der Waals surface area contributed by atoms with Gasteiger partial charge in [-0.1, -0.05) is 27.7 Å². The Morgan fingerprint density at radius 3 is 2.38 bits per heavy atom. The Balaban J connectivity index is 2.85. The topological polar surface area (TPSA) is 51.6 Å². The maximum Gasteiger partial charge on any atom is 0.217 e. The van der Waals surface area contributed by atoms with Crippen molar-refractivity contribution in [2.24, 2.45) is 11.3 Å². The summed E-state index contributed by atoms with van der Waals surface area (Å²) in [6.07, 6.45) is 1.05. The Bertz CT molecular complexity index is 423. The average Bonchev–Trinajstić information content (AvgIpc) is 2.42. The molecular weight excluding hydrogens is 286 g/mol. The molecule has 1 aromatic heterocycles. The van der Waals surface area contributed by atoms with E-state index in [1.165, 1.54) is 0 Å². The minimum absolute atomic E-state index is 0.105. The number of thioether (sulfide) groups is 1. The summed E-state index contributed by atoms with van der Waals surface area (Å²) in [5.74, 6) is 1.63. The quantitative estimate of drug-likeness (QED) is 0.779. The summed E-state index contributed by atoms with van der Waals surface area (Å²) in [5, 5.41) is 10.6. The van der Waals surface area contributed by atoms with E-state index >= 15 is 0 Å². The van der Waals surface area contributed by atoms with Crippen molar-refractivity contribution in [3.8, 4) is 11.6 Å². The zero-order chi connectivity index (χ0) is 16.0. The van der Waals surface area contributed by atoms with Crippen LogP contribution in [0.25, 0.3) is 0 Å². The molecule has 0 bridgehead atoms. The number of ether oxygens (including phenoxy) is 2. The van der Waals surface area contributed by atoms with Crippen molar-refractivity contribution in [1.82, 2.24) is 4.98 Å². The lowest BCUT2D eigenvalue weighted by molar-refractivity contribution is 0.234. The molecular formula is C16H27NO3S. The number of hydrogen-bond acceptors (Lipinski definition) is 5. The molecule has 0 saturated carbocycles. The molecule has 0 aliphatic heterocycles. The molecule has 1 N–H and O–H groups in total. The van der Waals surface area contributed by atoms with Crippen molar-refractivity contribution < 1.29 is 14.6 Å². The maximum atomic E-state index is 9.70. The van der Waals surface area contributed by atoms with Gasteiger partial charge in [0.1, 0.15) is 10.8 Å². The van der Waals surface area contributed by atoms with Gasteiger partial charge in [-0.15, -0.1) is 11.8 Å². The molecule has 0 aliphatic carbocycles. The van der Waals surface area contributed by atoms with Crippen LogP contribution in [0.4, 0.5) is 0 Å². The molecule has 0 fully saturated rings. The molecule has 5 heteroatoms. The number of hydrogen-bond donors (Lipinski definition) is 1. The standard InChI is InChI=1S/C16H27NO3S/c1-11(9-16(2,3)4)13(10-18)21-15-8-12(19-5)7-14(17-15)20-6/h7-8,11,13,18H,9-10H2,1-6H3. The second-order valence-corrected chi connectivity index (χ2v) is 7.73. The summed E-state index contributed by atoms with van der Waals surface area (Å²) in [5.41, 5.74) is 0.243. The second kappa shape index (κ2) is 7.90. The predicted octanol–water partition coefficient (Wildman–Crippen LogP) is 3.62. The largest absolute Gasteiger partial charge is 0.496 e. The first-order valence-corrected chi connectivity index (χ1v) is 8.04. The van der Waals surface area contributed by atoms with Crippen LogP contribution in [0.3, 0.4) is 0 Å². The van der Waals surface area contributed by atoms with Crippen molar-refractivity contribution in [3.05, 3.63) is 12.1 Å². The molecule has 0 saturated heterocycles. The fraction of sp³-hybridized carbons (Fsp3) is 0.688. The first-order chi connectivity index (χ1) is 9.78.